The third-order valence-corrected chi connectivity index (χ3v) is 3.65. The number of likely N-dealkylation sites (N-methyl/N-ethyl adjacent to an activating group) is 1. The summed E-state index contributed by atoms with van der Waals surface area (Å²) in [6.07, 6.45) is 3.76. The molecule has 3 nitrogen and oxygen atoms in total. The predicted molar refractivity (Wildman–Crippen MR) is 79.4 cm³/mol. The summed E-state index contributed by atoms with van der Waals surface area (Å²) in [5.41, 5.74) is 3.67. The summed E-state index contributed by atoms with van der Waals surface area (Å²) in [5, 5.41) is 13.6. The van der Waals surface area contributed by atoms with Gasteiger partial charge in [-0.1, -0.05) is 18.2 Å². The molecule has 0 amide bonds. The van der Waals surface area contributed by atoms with E-state index < -0.39 is 5.60 Å². The molecule has 2 rings (SSSR count). The van der Waals surface area contributed by atoms with Crippen molar-refractivity contribution in [3.05, 3.63) is 34.9 Å². The van der Waals surface area contributed by atoms with Crippen molar-refractivity contribution in [1.29, 1.82) is 0 Å². The molecule has 2 N–H and O–H groups in total. The van der Waals surface area contributed by atoms with E-state index in [1.807, 2.05) is 25.9 Å². The lowest BCUT2D eigenvalue weighted by Crippen LogP contribution is -2.45. The van der Waals surface area contributed by atoms with E-state index in [9.17, 15) is 5.11 Å². The van der Waals surface area contributed by atoms with Crippen LogP contribution in [0.15, 0.2) is 18.2 Å². The zero-order valence-corrected chi connectivity index (χ0v) is 12.4. The Bertz CT molecular complexity index is 427. The minimum absolute atomic E-state index is 0.613. The quantitative estimate of drug-likeness (QED) is 0.817. The molecule has 0 aliphatic heterocycles. The monoisotopic (exact) mass is 262 g/mol. The number of aliphatic hydroxyl groups is 1. The molecule has 106 valence electrons. The van der Waals surface area contributed by atoms with Gasteiger partial charge in [-0.15, -0.1) is 0 Å². The number of fused-ring (bicyclic) bond motifs is 1. The van der Waals surface area contributed by atoms with Crippen LogP contribution in [0.4, 0.5) is 0 Å². The SMILES string of the molecule is CN(C)CC(C)(O)CNCc1ccc2c(c1)CCC2. The summed E-state index contributed by atoms with van der Waals surface area (Å²) in [7, 11) is 3.96. The molecule has 1 aromatic rings. The van der Waals surface area contributed by atoms with Crippen LogP contribution in [0.25, 0.3) is 0 Å². The van der Waals surface area contributed by atoms with Crippen molar-refractivity contribution in [2.24, 2.45) is 0 Å². The molecule has 1 aromatic carbocycles. The van der Waals surface area contributed by atoms with Crippen molar-refractivity contribution < 1.29 is 5.11 Å². The van der Waals surface area contributed by atoms with Crippen LogP contribution >= 0.6 is 0 Å². The number of aryl methyl sites for hydroxylation is 2. The first kappa shape index (κ1) is 14.5. The molecule has 0 spiro atoms. The Labute approximate surface area is 116 Å². The zero-order chi connectivity index (χ0) is 13.9. The highest BCUT2D eigenvalue weighted by Gasteiger charge is 2.20. The average molecular weight is 262 g/mol. The fourth-order valence-corrected chi connectivity index (χ4v) is 2.95. The van der Waals surface area contributed by atoms with E-state index in [1.54, 1.807) is 0 Å². The van der Waals surface area contributed by atoms with E-state index in [0.717, 1.165) is 6.54 Å². The Hall–Kier alpha value is -0.900. The number of hydrogen-bond acceptors (Lipinski definition) is 3. The molecule has 0 fully saturated rings. The molecule has 0 heterocycles. The minimum atomic E-state index is -0.680. The maximum atomic E-state index is 10.2. The van der Waals surface area contributed by atoms with E-state index in [1.165, 1.54) is 36.0 Å². The zero-order valence-electron chi connectivity index (χ0n) is 12.4. The number of hydrogen-bond donors (Lipinski definition) is 2. The second kappa shape index (κ2) is 6.04. The van der Waals surface area contributed by atoms with Gasteiger partial charge >= 0.3 is 0 Å². The maximum absolute atomic E-state index is 10.2. The molecule has 1 atom stereocenters. The molecule has 1 unspecified atom stereocenters. The number of rotatable bonds is 6. The molecule has 1 aliphatic rings. The third-order valence-electron chi connectivity index (χ3n) is 3.65. The van der Waals surface area contributed by atoms with E-state index in [2.05, 4.69) is 23.5 Å². The summed E-state index contributed by atoms with van der Waals surface area (Å²) in [6, 6.07) is 6.78. The highest BCUT2D eigenvalue weighted by molar-refractivity contribution is 5.35. The summed E-state index contributed by atoms with van der Waals surface area (Å²) >= 11 is 0. The van der Waals surface area contributed by atoms with Gasteiger partial charge in [-0.2, -0.15) is 0 Å². The van der Waals surface area contributed by atoms with Gasteiger partial charge < -0.3 is 15.3 Å². The van der Waals surface area contributed by atoms with E-state index >= 15 is 0 Å². The maximum Gasteiger partial charge on any atom is 0.0869 e. The summed E-state index contributed by atoms with van der Waals surface area (Å²) in [5.74, 6) is 0. The molecular formula is C16H26N2O. The first-order valence-electron chi connectivity index (χ1n) is 7.15. The van der Waals surface area contributed by atoms with Crippen LogP contribution in [0.2, 0.25) is 0 Å². The van der Waals surface area contributed by atoms with Gasteiger partial charge in [0.25, 0.3) is 0 Å². The Morgan fingerprint density at radius 3 is 2.74 bits per heavy atom. The predicted octanol–water partition coefficient (Wildman–Crippen LogP) is 1.58. The van der Waals surface area contributed by atoms with Crippen molar-refractivity contribution >= 4 is 0 Å². The number of benzene rings is 1. The van der Waals surface area contributed by atoms with Crippen molar-refractivity contribution in [3.8, 4) is 0 Å². The number of nitrogens with zero attached hydrogens (tertiary/aromatic N) is 1. The van der Waals surface area contributed by atoms with Crippen LogP contribution in [0.3, 0.4) is 0 Å². The van der Waals surface area contributed by atoms with Gasteiger partial charge in [-0.3, -0.25) is 0 Å². The van der Waals surface area contributed by atoms with Crippen LogP contribution in [-0.2, 0) is 19.4 Å². The lowest BCUT2D eigenvalue weighted by Gasteiger charge is -2.27. The van der Waals surface area contributed by atoms with E-state index in [0.29, 0.717) is 13.1 Å². The van der Waals surface area contributed by atoms with Gasteiger partial charge in [-0.25, -0.2) is 0 Å². The number of nitrogens with one attached hydrogen (secondary N) is 1. The normalized spacial score (nSPS) is 17.5. The minimum Gasteiger partial charge on any atom is -0.388 e. The van der Waals surface area contributed by atoms with Crippen molar-refractivity contribution in [1.82, 2.24) is 10.2 Å². The first-order chi connectivity index (χ1) is 8.96. The van der Waals surface area contributed by atoms with Crippen LogP contribution in [-0.4, -0.2) is 42.8 Å². The largest absolute Gasteiger partial charge is 0.388 e. The fraction of sp³-hybridized carbons (Fsp3) is 0.625. The van der Waals surface area contributed by atoms with Crippen LogP contribution in [0.5, 0.6) is 0 Å². The molecule has 1 aliphatic carbocycles. The smallest absolute Gasteiger partial charge is 0.0869 e. The average Bonchev–Trinajstić information content (AvgIpc) is 2.74. The first-order valence-corrected chi connectivity index (χ1v) is 7.15. The van der Waals surface area contributed by atoms with Crippen LogP contribution in [0, 0.1) is 0 Å². The van der Waals surface area contributed by atoms with E-state index in [4.69, 9.17) is 0 Å². The molecular weight excluding hydrogens is 236 g/mol. The van der Waals surface area contributed by atoms with Gasteiger partial charge in [0.05, 0.1) is 5.60 Å². The molecule has 0 aromatic heterocycles. The van der Waals surface area contributed by atoms with Gasteiger partial charge in [0.1, 0.15) is 0 Å². The lowest BCUT2D eigenvalue weighted by atomic mass is 10.0. The van der Waals surface area contributed by atoms with Crippen molar-refractivity contribution in [2.75, 3.05) is 27.2 Å². The van der Waals surface area contributed by atoms with Gasteiger partial charge in [0.2, 0.25) is 0 Å². The second-order valence-corrected chi connectivity index (χ2v) is 6.29. The molecule has 0 radical (unpaired) electrons. The lowest BCUT2D eigenvalue weighted by molar-refractivity contribution is 0.0336. The standard InChI is InChI=1S/C16H26N2O/c1-16(19,12-18(2)3)11-17-10-13-7-8-14-5-4-6-15(14)9-13/h7-9,17,19H,4-6,10-12H2,1-3H3. The summed E-state index contributed by atoms with van der Waals surface area (Å²) in [6.45, 7) is 3.99. The van der Waals surface area contributed by atoms with E-state index in [-0.39, 0.29) is 0 Å². The van der Waals surface area contributed by atoms with Gasteiger partial charge in [0, 0.05) is 19.6 Å². The molecule has 3 heteroatoms. The fourth-order valence-electron chi connectivity index (χ4n) is 2.95. The highest BCUT2D eigenvalue weighted by Crippen LogP contribution is 2.22. The third kappa shape index (κ3) is 4.30. The topological polar surface area (TPSA) is 35.5 Å². The summed E-state index contributed by atoms with van der Waals surface area (Å²) < 4.78 is 0. The Morgan fingerprint density at radius 2 is 2.00 bits per heavy atom. The van der Waals surface area contributed by atoms with Crippen molar-refractivity contribution in [3.63, 3.8) is 0 Å². The Balaban J connectivity index is 1.83. The van der Waals surface area contributed by atoms with Gasteiger partial charge in [-0.05, 0) is 57.0 Å². The Morgan fingerprint density at radius 1 is 1.26 bits per heavy atom. The second-order valence-electron chi connectivity index (χ2n) is 6.29. The van der Waals surface area contributed by atoms with Crippen molar-refractivity contribution in [2.45, 2.75) is 38.3 Å². The van der Waals surface area contributed by atoms with Crippen LogP contribution < -0.4 is 5.32 Å². The Kier molecular flexibility index (Phi) is 4.61. The highest BCUT2D eigenvalue weighted by atomic mass is 16.3. The molecule has 0 saturated carbocycles. The summed E-state index contributed by atoms with van der Waals surface area (Å²) in [4.78, 5) is 2.01. The molecule has 0 saturated heterocycles. The van der Waals surface area contributed by atoms with Gasteiger partial charge in [0.15, 0.2) is 0 Å². The van der Waals surface area contributed by atoms with Crippen LogP contribution in [0.1, 0.15) is 30.0 Å². The molecule has 19 heavy (non-hydrogen) atoms. The molecule has 0 bridgehead atoms.